The number of benzene rings is 2. The van der Waals surface area contributed by atoms with Gasteiger partial charge in [0.2, 0.25) is 0 Å². The van der Waals surface area contributed by atoms with Crippen LogP contribution in [0.15, 0.2) is 47.4 Å². The Kier molecular flexibility index (Phi) is 3.81. The summed E-state index contributed by atoms with van der Waals surface area (Å²) in [5.74, 6) is 0. The molecule has 0 aliphatic heterocycles. The molecule has 0 atom stereocenters. The van der Waals surface area contributed by atoms with Crippen LogP contribution in [0.1, 0.15) is 5.56 Å². The Morgan fingerprint density at radius 1 is 1.14 bits per heavy atom. The molecule has 0 aromatic heterocycles. The van der Waals surface area contributed by atoms with Crippen LogP contribution in [0.5, 0.6) is 0 Å². The Bertz CT molecular complexity index is 786. The number of nitro groups is 1. The molecule has 0 amide bonds. The Hall–Kier alpha value is -2.61. The first-order chi connectivity index (χ1) is 9.79. The van der Waals surface area contributed by atoms with Crippen molar-refractivity contribution in [2.75, 3.05) is 10.5 Å². The molecule has 0 spiro atoms. The van der Waals surface area contributed by atoms with Gasteiger partial charge in [-0.2, -0.15) is 0 Å². The summed E-state index contributed by atoms with van der Waals surface area (Å²) in [7, 11) is -3.81. The highest BCUT2D eigenvalue weighted by Crippen LogP contribution is 2.24. The highest BCUT2D eigenvalue weighted by molar-refractivity contribution is 7.92. The number of nitrogen functional groups attached to an aromatic ring is 1. The van der Waals surface area contributed by atoms with Gasteiger partial charge in [0, 0.05) is 17.3 Å². The van der Waals surface area contributed by atoms with E-state index in [2.05, 4.69) is 4.72 Å². The van der Waals surface area contributed by atoms with Crippen LogP contribution in [-0.4, -0.2) is 13.3 Å². The number of anilines is 2. The third kappa shape index (κ3) is 3.29. The first-order valence-electron chi connectivity index (χ1n) is 5.93. The van der Waals surface area contributed by atoms with Crippen molar-refractivity contribution in [3.05, 3.63) is 58.1 Å². The normalized spacial score (nSPS) is 11.1. The van der Waals surface area contributed by atoms with Crippen LogP contribution in [0.3, 0.4) is 0 Å². The Labute approximate surface area is 121 Å². The summed E-state index contributed by atoms with van der Waals surface area (Å²) in [6, 6.07) is 9.79. The van der Waals surface area contributed by atoms with E-state index in [0.717, 1.165) is 0 Å². The second-order valence-corrected chi connectivity index (χ2v) is 6.12. The lowest BCUT2D eigenvalue weighted by Crippen LogP contribution is -2.13. The molecule has 2 aromatic carbocycles. The predicted molar refractivity (Wildman–Crippen MR) is 79.5 cm³/mol. The Morgan fingerprint density at radius 3 is 2.33 bits per heavy atom. The van der Waals surface area contributed by atoms with Gasteiger partial charge in [0.25, 0.3) is 15.7 Å². The van der Waals surface area contributed by atoms with E-state index in [4.69, 9.17) is 5.73 Å². The van der Waals surface area contributed by atoms with E-state index in [-0.39, 0.29) is 16.3 Å². The van der Waals surface area contributed by atoms with Crippen molar-refractivity contribution >= 4 is 27.1 Å². The second-order valence-electron chi connectivity index (χ2n) is 4.43. The molecule has 110 valence electrons. The number of nitrogens with two attached hydrogens (primary N) is 1. The quantitative estimate of drug-likeness (QED) is 0.511. The Balaban J connectivity index is 2.35. The standard InChI is InChI=1S/C13H13N3O4S/c1-9-2-5-11(8-13(9)16(17)18)15-21(19,20)12-6-3-10(14)4-7-12/h2-8,15H,14H2,1H3. The first kappa shape index (κ1) is 14.8. The largest absolute Gasteiger partial charge is 0.399 e. The summed E-state index contributed by atoms with van der Waals surface area (Å²) in [6.45, 7) is 1.58. The lowest BCUT2D eigenvalue weighted by Gasteiger charge is -2.09. The average molecular weight is 307 g/mol. The van der Waals surface area contributed by atoms with Gasteiger partial charge in [0.05, 0.1) is 15.5 Å². The minimum Gasteiger partial charge on any atom is -0.399 e. The summed E-state index contributed by atoms with van der Waals surface area (Å²) in [5.41, 5.74) is 6.38. The van der Waals surface area contributed by atoms with E-state index in [9.17, 15) is 18.5 Å². The number of nitro benzene ring substituents is 1. The molecule has 21 heavy (non-hydrogen) atoms. The highest BCUT2D eigenvalue weighted by atomic mass is 32.2. The number of hydrogen-bond acceptors (Lipinski definition) is 5. The molecule has 0 fully saturated rings. The van der Waals surface area contributed by atoms with Crippen molar-refractivity contribution in [1.82, 2.24) is 0 Å². The van der Waals surface area contributed by atoms with Crippen LogP contribution in [-0.2, 0) is 10.0 Å². The average Bonchev–Trinajstić information content (AvgIpc) is 2.41. The molecule has 0 heterocycles. The minimum absolute atomic E-state index is 0.0277. The molecule has 0 saturated heterocycles. The van der Waals surface area contributed by atoms with Gasteiger partial charge in [-0.15, -0.1) is 0 Å². The van der Waals surface area contributed by atoms with Crippen LogP contribution in [0.2, 0.25) is 0 Å². The van der Waals surface area contributed by atoms with Gasteiger partial charge in [-0.1, -0.05) is 6.07 Å². The lowest BCUT2D eigenvalue weighted by molar-refractivity contribution is -0.385. The van der Waals surface area contributed by atoms with Crippen molar-refractivity contribution in [2.45, 2.75) is 11.8 Å². The maximum atomic E-state index is 12.2. The molecule has 0 bridgehead atoms. The molecule has 0 aliphatic carbocycles. The summed E-state index contributed by atoms with van der Waals surface area (Å²) < 4.78 is 26.6. The summed E-state index contributed by atoms with van der Waals surface area (Å²) in [5, 5.41) is 10.9. The Morgan fingerprint density at radius 2 is 1.76 bits per heavy atom. The van der Waals surface area contributed by atoms with Crippen LogP contribution < -0.4 is 10.5 Å². The second kappa shape index (κ2) is 5.41. The van der Waals surface area contributed by atoms with E-state index in [1.807, 2.05) is 0 Å². The zero-order chi connectivity index (χ0) is 15.6. The SMILES string of the molecule is Cc1ccc(NS(=O)(=O)c2ccc(N)cc2)cc1[N+](=O)[O-]. The molecule has 8 heteroatoms. The maximum absolute atomic E-state index is 12.2. The van der Waals surface area contributed by atoms with Crippen molar-refractivity contribution in [1.29, 1.82) is 0 Å². The summed E-state index contributed by atoms with van der Waals surface area (Å²) in [4.78, 5) is 10.3. The fraction of sp³-hybridized carbons (Fsp3) is 0.0769. The van der Waals surface area contributed by atoms with E-state index >= 15 is 0 Å². The van der Waals surface area contributed by atoms with Crippen molar-refractivity contribution < 1.29 is 13.3 Å². The van der Waals surface area contributed by atoms with Gasteiger partial charge in [0.15, 0.2) is 0 Å². The van der Waals surface area contributed by atoms with Gasteiger partial charge in [-0.05, 0) is 37.3 Å². The molecule has 2 aromatic rings. The van der Waals surface area contributed by atoms with Crippen molar-refractivity contribution in [3.8, 4) is 0 Å². The summed E-state index contributed by atoms with van der Waals surface area (Å²) in [6.07, 6.45) is 0. The van der Waals surface area contributed by atoms with Crippen LogP contribution in [0.4, 0.5) is 17.1 Å². The van der Waals surface area contributed by atoms with E-state index < -0.39 is 14.9 Å². The molecule has 0 aliphatic rings. The number of sulfonamides is 1. The molecule has 0 radical (unpaired) electrons. The minimum atomic E-state index is -3.81. The highest BCUT2D eigenvalue weighted by Gasteiger charge is 2.17. The van der Waals surface area contributed by atoms with Crippen LogP contribution in [0, 0.1) is 17.0 Å². The molecule has 0 saturated carbocycles. The molecule has 2 rings (SSSR count). The maximum Gasteiger partial charge on any atom is 0.274 e. The number of nitrogens with one attached hydrogen (secondary N) is 1. The summed E-state index contributed by atoms with van der Waals surface area (Å²) >= 11 is 0. The third-order valence-electron chi connectivity index (χ3n) is 2.85. The molecular weight excluding hydrogens is 294 g/mol. The number of nitrogens with zero attached hydrogens (tertiary/aromatic N) is 1. The fourth-order valence-corrected chi connectivity index (χ4v) is 2.78. The third-order valence-corrected chi connectivity index (χ3v) is 4.25. The van der Waals surface area contributed by atoms with Crippen LogP contribution >= 0.6 is 0 Å². The molecule has 3 N–H and O–H groups in total. The molecular formula is C13H13N3O4S. The number of hydrogen-bond donors (Lipinski definition) is 2. The zero-order valence-electron chi connectivity index (χ0n) is 11.1. The monoisotopic (exact) mass is 307 g/mol. The fourth-order valence-electron chi connectivity index (χ4n) is 1.73. The van der Waals surface area contributed by atoms with Crippen molar-refractivity contribution in [2.24, 2.45) is 0 Å². The number of aryl methyl sites for hydroxylation is 1. The molecule has 7 nitrogen and oxygen atoms in total. The van der Waals surface area contributed by atoms with Gasteiger partial charge in [-0.3, -0.25) is 14.8 Å². The predicted octanol–water partition coefficient (Wildman–Crippen LogP) is 2.29. The van der Waals surface area contributed by atoms with Gasteiger partial charge < -0.3 is 5.73 Å². The van der Waals surface area contributed by atoms with Gasteiger partial charge in [0.1, 0.15) is 0 Å². The van der Waals surface area contributed by atoms with E-state index in [1.165, 1.54) is 42.5 Å². The van der Waals surface area contributed by atoms with E-state index in [1.54, 1.807) is 6.92 Å². The number of rotatable bonds is 4. The van der Waals surface area contributed by atoms with Crippen LogP contribution in [0.25, 0.3) is 0 Å². The zero-order valence-corrected chi connectivity index (χ0v) is 11.9. The first-order valence-corrected chi connectivity index (χ1v) is 7.41. The van der Waals surface area contributed by atoms with E-state index in [0.29, 0.717) is 11.3 Å². The smallest absolute Gasteiger partial charge is 0.274 e. The topological polar surface area (TPSA) is 115 Å². The molecule has 0 unspecified atom stereocenters. The van der Waals surface area contributed by atoms with Gasteiger partial charge >= 0.3 is 0 Å². The van der Waals surface area contributed by atoms with Gasteiger partial charge in [-0.25, -0.2) is 8.42 Å². The van der Waals surface area contributed by atoms with Crippen molar-refractivity contribution in [3.63, 3.8) is 0 Å². The lowest BCUT2D eigenvalue weighted by atomic mass is 10.2.